The summed E-state index contributed by atoms with van der Waals surface area (Å²) >= 11 is 0. The standard InChI is InChI=1S/C14H23N3O3/c1-10(15-5)9-19-11-6-7-16-12(8-11)17-13(18)20-14(2,3)4/h6-8,10,15H,9H2,1-5H3,(H,16,17,18). The monoisotopic (exact) mass is 281 g/mol. The van der Waals surface area contributed by atoms with Crippen molar-refractivity contribution in [1.82, 2.24) is 10.3 Å². The normalized spacial score (nSPS) is 12.7. The van der Waals surface area contributed by atoms with E-state index in [4.69, 9.17) is 9.47 Å². The Morgan fingerprint density at radius 3 is 2.75 bits per heavy atom. The van der Waals surface area contributed by atoms with Crippen molar-refractivity contribution in [3.63, 3.8) is 0 Å². The number of hydrogen-bond acceptors (Lipinski definition) is 5. The van der Waals surface area contributed by atoms with E-state index < -0.39 is 11.7 Å². The largest absolute Gasteiger partial charge is 0.492 e. The number of amides is 1. The summed E-state index contributed by atoms with van der Waals surface area (Å²) in [5, 5.41) is 5.65. The van der Waals surface area contributed by atoms with E-state index >= 15 is 0 Å². The first-order valence-electron chi connectivity index (χ1n) is 6.56. The number of aromatic nitrogens is 1. The molecule has 0 aliphatic carbocycles. The minimum atomic E-state index is -0.541. The molecule has 1 unspecified atom stereocenters. The number of likely N-dealkylation sites (N-methyl/N-ethyl adjacent to an activating group) is 1. The van der Waals surface area contributed by atoms with Gasteiger partial charge in [0, 0.05) is 18.3 Å². The molecule has 6 heteroatoms. The number of hydrogen-bond donors (Lipinski definition) is 2. The summed E-state index contributed by atoms with van der Waals surface area (Å²) in [7, 11) is 1.87. The summed E-state index contributed by atoms with van der Waals surface area (Å²) in [5.74, 6) is 1.04. The van der Waals surface area contributed by atoms with Gasteiger partial charge in [0.15, 0.2) is 0 Å². The summed E-state index contributed by atoms with van der Waals surface area (Å²) in [4.78, 5) is 15.7. The van der Waals surface area contributed by atoms with E-state index in [1.165, 1.54) is 0 Å². The first-order chi connectivity index (χ1) is 9.30. The van der Waals surface area contributed by atoms with Crippen molar-refractivity contribution >= 4 is 11.9 Å². The van der Waals surface area contributed by atoms with Crippen LogP contribution in [0.1, 0.15) is 27.7 Å². The Morgan fingerprint density at radius 1 is 1.45 bits per heavy atom. The Labute approximate surface area is 119 Å². The van der Waals surface area contributed by atoms with E-state index in [-0.39, 0.29) is 6.04 Å². The highest BCUT2D eigenvalue weighted by Crippen LogP contribution is 2.16. The molecule has 0 bridgehead atoms. The Hall–Kier alpha value is -1.82. The van der Waals surface area contributed by atoms with Crippen LogP contribution in [0, 0.1) is 0 Å². The Bertz CT molecular complexity index is 444. The lowest BCUT2D eigenvalue weighted by Gasteiger charge is -2.19. The van der Waals surface area contributed by atoms with Crippen molar-refractivity contribution in [3.8, 4) is 5.75 Å². The Morgan fingerprint density at radius 2 is 2.15 bits per heavy atom. The van der Waals surface area contributed by atoms with Gasteiger partial charge in [-0.15, -0.1) is 0 Å². The molecule has 0 saturated heterocycles. The summed E-state index contributed by atoms with van der Waals surface area (Å²) in [6, 6.07) is 3.64. The van der Waals surface area contributed by atoms with Crippen LogP contribution in [0.15, 0.2) is 18.3 Å². The van der Waals surface area contributed by atoms with Crippen molar-refractivity contribution in [1.29, 1.82) is 0 Å². The van der Waals surface area contributed by atoms with E-state index in [0.29, 0.717) is 18.2 Å². The van der Waals surface area contributed by atoms with Crippen molar-refractivity contribution in [2.24, 2.45) is 0 Å². The average Bonchev–Trinajstić information content (AvgIpc) is 2.34. The number of pyridine rings is 1. The maximum Gasteiger partial charge on any atom is 0.413 e. The highest BCUT2D eigenvalue weighted by molar-refractivity contribution is 5.83. The van der Waals surface area contributed by atoms with Crippen LogP contribution < -0.4 is 15.4 Å². The predicted molar refractivity (Wildman–Crippen MR) is 78.1 cm³/mol. The van der Waals surface area contributed by atoms with Gasteiger partial charge in [0.1, 0.15) is 23.8 Å². The van der Waals surface area contributed by atoms with Crippen LogP contribution in [0.25, 0.3) is 0 Å². The van der Waals surface area contributed by atoms with Crippen LogP contribution >= 0.6 is 0 Å². The SMILES string of the molecule is CNC(C)COc1ccnc(NC(=O)OC(C)(C)C)c1. The summed E-state index contributed by atoms with van der Waals surface area (Å²) < 4.78 is 10.7. The van der Waals surface area contributed by atoms with Gasteiger partial charge in [0.25, 0.3) is 0 Å². The molecule has 2 N–H and O–H groups in total. The first kappa shape index (κ1) is 16.2. The van der Waals surface area contributed by atoms with Crippen LogP contribution in [0.5, 0.6) is 5.75 Å². The molecule has 112 valence electrons. The number of nitrogens with zero attached hydrogens (tertiary/aromatic N) is 1. The van der Waals surface area contributed by atoms with Crippen LogP contribution in [0.4, 0.5) is 10.6 Å². The van der Waals surface area contributed by atoms with Gasteiger partial charge in [-0.1, -0.05) is 0 Å². The molecule has 0 fully saturated rings. The van der Waals surface area contributed by atoms with Gasteiger partial charge in [-0.2, -0.15) is 0 Å². The highest BCUT2D eigenvalue weighted by atomic mass is 16.6. The van der Waals surface area contributed by atoms with Crippen molar-refractivity contribution in [2.45, 2.75) is 39.3 Å². The molecule has 0 aromatic carbocycles. The molecule has 1 amide bonds. The van der Waals surface area contributed by atoms with E-state index in [1.807, 2.05) is 14.0 Å². The molecule has 1 aromatic rings. The molecule has 1 heterocycles. The molecule has 1 atom stereocenters. The lowest BCUT2D eigenvalue weighted by atomic mass is 10.2. The fraction of sp³-hybridized carbons (Fsp3) is 0.571. The van der Waals surface area contributed by atoms with Crippen molar-refractivity contribution in [3.05, 3.63) is 18.3 Å². The third kappa shape index (κ3) is 6.38. The fourth-order valence-electron chi connectivity index (χ4n) is 1.28. The quantitative estimate of drug-likeness (QED) is 0.867. The molecule has 6 nitrogen and oxygen atoms in total. The van der Waals surface area contributed by atoms with Crippen LogP contribution in [0.2, 0.25) is 0 Å². The average molecular weight is 281 g/mol. The molecule has 20 heavy (non-hydrogen) atoms. The van der Waals surface area contributed by atoms with Crippen LogP contribution in [-0.2, 0) is 4.74 Å². The van der Waals surface area contributed by atoms with Gasteiger partial charge >= 0.3 is 6.09 Å². The molecular weight excluding hydrogens is 258 g/mol. The second-order valence-electron chi connectivity index (χ2n) is 5.50. The summed E-state index contributed by atoms with van der Waals surface area (Å²) in [5.41, 5.74) is -0.541. The van der Waals surface area contributed by atoms with Gasteiger partial charge in [-0.05, 0) is 40.8 Å². The molecule has 0 saturated carbocycles. The van der Waals surface area contributed by atoms with Gasteiger partial charge in [-0.25, -0.2) is 9.78 Å². The Kier molecular flexibility index (Phi) is 5.76. The summed E-state index contributed by atoms with van der Waals surface area (Å²) in [6.07, 6.45) is 1.04. The lowest BCUT2D eigenvalue weighted by molar-refractivity contribution is 0.0635. The van der Waals surface area contributed by atoms with Gasteiger partial charge < -0.3 is 14.8 Å². The topological polar surface area (TPSA) is 72.5 Å². The lowest BCUT2D eigenvalue weighted by Crippen LogP contribution is -2.28. The maximum absolute atomic E-state index is 11.6. The number of carbonyl (C=O) groups excluding carboxylic acids is 1. The third-order valence-electron chi connectivity index (χ3n) is 2.35. The summed E-state index contributed by atoms with van der Waals surface area (Å²) in [6.45, 7) is 7.96. The van der Waals surface area contributed by atoms with E-state index in [0.717, 1.165) is 0 Å². The minimum absolute atomic E-state index is 0.241. The number of rotatable bonds is 5. The van der Waals surface area contributed by atoms with Crippen molar-refractivity contribution < 1.29 is 14.3 Å². The molecule has 0 spiro atoms. The molecule has 0 aliphatic rings. The number of carbonyl (C=O) groups is 1. The molecular formula is C14H23N3O3. The van der Waals surface area contributed by atoms with Gasteiger partial charge in [0.05, 0.1) is 0 Å². The maximum atomic E-state index is 11.6. The second kappa shape index (κ2) is 7.09. The second-order valence-corrected chi connectivity index (χ2v) is 5.50. The molecule has 0 aliphatic heterocycles. The Balaban J connectivity index is 2.57. The van der Waals surface area contributed by atoms with Gasteiger partial charge in [-0.3, -0.25) is 5.32 Å². The smallest absolute Gasteiger partial charge is 0.413 e. The van der Waals surface area contributed by atoms with Crippen LogP contribution in [0.3, 0.4) is 0 Å². The zero-order valence-corrected chi connectivity index (χ0v) is 12.7. The number of nitrogens with one attached hydrogen (secondary N) is 2. The fourth-order valence-corrected chi connectivity index (χ4v) is 1.28. The zero-order valence-electron chi connectivity index (χ0n) is 12.7. The predicted octanol–water partition coefficient (Wildman–Crippen LogP) is 2.42. The first-order valence-corrected chi connectivity index (χ1v) is 6.56. The van der Waals surface area contributed by atoms with E-state index in [1.54, 1.807) is 39.1 Å². The van der Waals surface area contributed by atoms with E-state index in [2.05, 4.69) is 15.6 Å². The molecule has 1 aromatic heterocycles. The van der Waals surface area contributed by atoms with Gasteiger partial charge in [0.2, 0.25) is 0 Å². The third-order valence-corrected chi connectivity index (χ3v) is 2.35. The van der Waals surface area contributed by atoms with Crippen LogP contribution in [-0.4, -0.2) is 36.4 Å². The highest BCUT2D eigenvalue weighted by Gasteiger charge is 2.16. The van der Waals surface area contributed by atoms with E-state index in [9.17, 15) is 4.79 Å². The zero-order chi connectivity index (χ0) is 15.2. The van der Waals surface area contributed by atoms with Crippen molar-refractivity contribution in [2.75, 3.05) is 19.0 Å². The number of anilines is 1. The minimum Gasteiger partial charge on any atom is -0.492 e. The number of ether oxygens (including phenoxy) is 2. The molecule has 0 radical (unpaired) electrons. The molecule has 1 rings (SSSR count).